The summed E-state index contributed by atoms with van der Waals surface area (Å²) in [6.45, 7) is 2.17. The molecule has 1 nitrogen and oxygen atoms in total. The van der Waals surface area contributed by atoms with Gasteiger partial charge in [0.1, 0.15) is 0 Å². The lowest BCUT2D eigenvalue weighted by Gasteiger charge is -2.15. The van der Waals surface area contributed by atoms with Crippen LogP contribution in [-0.4, -0.2) is 7.05 Å². The lowest BCUT2D eigenvalue weighted by atomic mass is 10.1. The Kier molecular flexibility index (Phi) is 3.61. The van der Waals surface area contributed by atoms with Gasteiger partial charge < -0.3 is 5.32 Å². The number of hydrogen-bond acceptors (Lipinski definition) is 3. The average Bonchev–Trinajstić information content (AvgIpc) is 2.80. The van der Waals surface area contributed by atoms with Crippen LogP contribution in [0.5, 0.6) is 0 Å². The molecule has 0 aliphatic carbocycles. The first-order valence-corrected chi connectivity index (χ1v) is 7.23. The minimum Gasteiger partial charge on any atom is -0.309 e. The SMILES string of the molecule is CNC(c1ccsc1C)c1sccc1Br. The molecule has 1 atom stereocenters. The summed E-state index contributed by atoms with van der Waals surface area (Å²) in [6.07, 6.45) is 0. The Labute approximate surface area is 106 Å². The van der Waals surface area contributed by atoms with Crippen LogP contribution in [0.2, 0.25) is 0 Å². The fourth-order valence-electron chi connectivity index (χ4n) is 1.63. The van der Waals surface area contributed by atoms with Crippen molar-refractivity contribution in [2.24, 2.45) is 0 Å². The van der Waals surface area contributed by atoms with Crippen LogP contribution in [0.3, 0.4) is 0 Å². The molecule has 0 spiro atoms. The zero-order valence-corrected chi connectivity index (χ0v) is 11.8. The highest BCUT2D eigenvalue weighted by Crippen LogP contribution is 2.35. The molecule has 0 aliphatic heterocycles. The molecule has 80 valence electrons. The fourth-order valence-corrected chi connectivity index (χ4v) is 4.10. The quantitative estimate of drug-likeness (QED) is 0.896. The molecule has 2 heterocycles. The van der Waals surface area contributed by atoms with Crippen LogP contribution in [0.4, 0.5) is 0 Å². The van der Waals surface area contributed by atoms with E-state index in [1.165, 1.54) is 19.8 Å². The van der Waals surface area contributed by atoms with Crippen LogP contribution < -0.4 is 5.32 Å². The highest BCUT2D eigenvalue weighted by Gasteiger charge is 2.18. The highest BCUT2D eigenvalue weighted by molar-refractivity contribution is 9.10. The Hall–Kier alpha value is -0.160. The number of rotatable bonds is 3. The first kappa shape index (κ1) is 11.3. The second kappa shape index (κ2) is 4.78. The Morgan fingerprint density at radius 1 is 1.27 bits per heavy atom. The van der Waals surface area contributed by atoms with Crippen LogP contribution in [0.15, 0.2) is 27.4 Å². The van der Waals surface area contributed by atoms with Crippen molar-refractivity contribution in [3.8, 4) is 0 Å². The van der Waals surface area contributed by atoms with Gasteiger partial charge in [-0.2, -0.15) is 0 Å². The summed E-state index contributed by atoms with van der Waals surface area (Å²) < 4.78 is 1.19. The van der Waals surface area contributed by atoms with E-state index in [9.17, 15) is 0 Å². The van der Waals surface area contributed by atoms with Crippen molar-refractivity contribution in [3.63, 3.8) is 0 Å². The third-order valence-corrected chi connectivity index (χ3v) is 5.20. The van der Waals surface area contributed by atoms with Gasteiger partial charge in [-0.05, 0) is 58.4 Å². The van der Waals surface area contributed by atoms with Gasteiger partial charge in [0.2, 0.25) is 0 Å². The average molecular weight is 302 g/mol. The van der Waals surface area contributed by atoms with Crippen molar-refractivity contribution >= 4 is 38.6 Å². The molecular formula is C11H12BrNS2. The van der Waals surface area contributed by atoms with Gasteiger partial charge in [-0.3, -0.25) is 0 Å². The topological polar surface area (TPSA) is 12.0 Å². The van der Waals surface area contributed by atoms with Crippen LogP contribution in [0.25, 0.3) is 0 Å². The van der Waals surface area contributed by atoms with Crippen molar-refractivity contribution < 1.29 is 0 Å². The van der Waals surface area contributed by atoms with Crippen LogP contribution in [0, 0.1) is 6.92 Å². The summed E-state index contributed by atoms with van der Waals surface area (Å²) in [5.74, 6) is 0. The van der Waals surface area contributed by atoms with Crippen molar-refractivity contribution in [1.82, 2.24) is 5.32 Å². The monoisotopic (exact) mass is 301 g/mol. The van der Waals surface area contributed by atoms with E-state index in [2.05, 4.69) is 51.1 Å². The first-order valence-electron chi connectivity index (χ1n) is 4.68. The lowest BCUT2D eigenvalue weighted by Crippen LogP contribution is -2.16. The molecule has 0 bridgehead atoms. The minimum atomic E-state index is 0.311. The summed E-state index contributed by atoms with van der Waals surface area (Å²) in [5, 5.41) is 7.64. The van der Waals surface area contributed by atoms with E-state index in [0.717, 1.165) is 0 Å². The molecular weight excluding hydrogens is 290 g/mol. The van der Waals surface area contributed by atoms with E-state index in [1.807, 2.05) is 7.05 Å². The molecule has 15 heavy (non-hydrogen) atoms. The highest BCUT2D eigenvalue weighted by atomic mass is 79.9. The Morgan fingerprint density at radius 3 is 2.47 bits per heavy atom. The second-order valence-corrected chi connectivity index (χ2v) is 6.21. The largest absolute Gasteiger partial charge is 0.309 e. The minimum absolute atomic E-state index is 0.311. The molecule has 0 saturated carbocycles. The number of aryl methyl sites for hydroxylation is 1. The van der Waals surface area contributed by atoms with E-state index in [-0.39, 0.29) is 0 Å². The van der Waals surface area contributed by atoms with Crippen LogP contribution in [-0.2, 0) is 0 Å². The first-order chi connectivity index (χ1) is 7.24. The van der Waals surface area contributed by atoms with Gasteiger partial charge in [-0.25, -0.2) is 0 Å². The van der Waals surface area contributed by atoms with Crippen molar-refractivity contribution in [3.05, 3.63) is 42.7 Å². The predicted octanol–water partition coefficient (Wildman–Crippen LogP) is 4.19. The molecule has 2 aromatic rings. The fraction of sp³-hybridized carbons (Fsp3) is 0.273. The van der Waals surface area contributed by atoms with Crippen molar-refractivity contribution in [2.45, 2.75) is 13.0 Å². The third kappa shape index (κ3) is 2.18. The molecule has 0 aliphatic rings. The Morgan fingerprint density at radius 2 is 2.00 bits per heavy atom. The molecule has 2 rings (SSSR count). The van der Waals surface area contributed by atoms with Crippen molar-refractivity contribution in [2.75, 3.05) is 7.05 Å². The van der Waals surface area contributed by atoms with E-state index in [4.69, 9.17) is 0 Å². The predicted molar refractivity (Wildman–Crippen MR) is 72.0 cm³/mol. The van der Waals surface area contributed by atoms with Crippen LogP contribution in [0.1, 0.15) is 21.4 Å². The van der Waals surface area contributed by atoms with Crippen molar-refractivity contribution in [1.29, 1.82) is 0 Å². The zero-order chi connectivity index (χ0) is 10.8. The smallest absolute Gasteiger partial charge is 0.0690 e. The molecule has 1 unspecified atom stereocenters. The van der Waals surface area contributed by atoms with Gasteiger partial charge in [0.25, 0.3) is 0 Å². The Bertz CT molecular complexity index is 407. The van der Waals surface area contributed by atoms with Gasteiger partial charge in [0, 0.05) is 14.2 Å². The molecule has 0 fully saturated rings. The molecule has 0 radical (unpaired) electrons. The van der Waals surface area contributed by atoms with E-state index in [1.54, 1.807) is 22.7 Å². The molecule has 1 N–H and O–H groups in total. The summed E-state index contributed by atoms with van der Waals surface area (Å²) >= 11 is 7.18. The van der Waals surface area contributed by atoms with Gasteiger partial charge in [0.05, 0.1) is 6.04 Å². The van der Waals surface area contributed by atoms with E-state index < -0.39 is 0 Å². The standard InChI is InChI=1S/C11H12BrNS2/c1-7-8(3-5-14-7)10(13-2)11-9(12)4-6-15-11/h3-6,10,13H,1-2H3. The summed E-state index contributed by atoms with van der Waals surface area (Å²) in [4.78, 5) is 2.73. The lowest BCUT2D eigenvalue weighted by molar-refractivity contribution is 0.700. The zero-order valence-electron chi connectivity index (χ0n) is 8.58. The number of hydrogen-bond donors (Lipinski definition) is 1. The Balaban J connectivity index is 2.41. The van der Waals surface area contributed by atoms with Gasteiger partial charge >= 0.3 is 0 Å². The van der Waals surface area contributed by atoms with E-state index >= 15 is 0 Å². The number of nitrogens with one attached hydrogen (secondary N) is 1. The summed E-state index contributed by atoms with van der Waals surface area (Å²) in [6, 6.07) is 4.62. The molecule has 0 saturated heterocycles. The van der Waals surface area contributed by atoms with Gasteiger partial charge in [-0.1, -0.05) is 0 Å². The van der Waals surface area contributed by atoms with Crippen LogP contribution >= 0.6 is 38.6 Å². The molecule has 4 heteroatoms. The normalized spacial score (nSPS) is 13.0. The molecule has 0 aromatic carbocycles. The maximum Gasteiger partial charge on any atom is 0.0690 e. The van der Waals surface area contributed by atoms with E-state index in [0.29, 0.717) is 6.04 Å². The molecule has 2 aromatic heterocycles. The molecule has 0 amide bonds. The maximum atomic E-state index is 3.59. The third-order valence-electron chi connectivity index (χ3n) is 2.41. The second-order valence-electron chi connectivity index (χ2n) is 3.29. The summed E-state index contributed by atoms with van der Waals surface area (Å²) in [5.41, 5.74) is 1.38. The van der Waals surface area contributed by atoms with Gasteiger partial charge in [0.15, 0.2) is 0 Å². The maximum absolute atomic E-state index is 3.59. The summed E-state index contributed by atoms with van der Waals surface area (Å²) in [7, 11) is 2.01. The number of thiophene rings is 2. The number of halogens is 1. The van der Waals surface area contributed by atoms with Gasteiger partial charge in [-0.15, -0.1) is 22.7 Å².